The molecule has 1 atom stereocenters. The van der Waals surface area contributed by atoms with Crippen LogP contribution in [0.1, 0.15) is 69.2 Å². The lowest BCUT2D eigenvalue weighted by Crippen LogP contribution is -2.29. The van der Waals surface area contributed by atoms with E-state index in [1.807, 2.05) is 37.3 Å². The Morgan fingerprint density at radius 1 is 0.872 bits per heavy atom. The second-order valence-electron chi connectivity index (χ2n) is 10.9. The zero-order valence-corrected chi connectivity index (χ0v) is 28.4. The molecule has 1 saturated heterocycles. The molecule has 0 bridgehead atoms. The molecule has 1 fully saturated rings. The molecule has 1 aromatic heterocycles. The summed E-state index contributed by atoms with van der Waals surface area (Å²) in [6.45, 7) is 7.55. The third kappa shape index (κ3) is 8.15. The molecule has 1 N–H and O–H groups in total. The molecule has 0 unspecified atom stereocenters. The molecule has 9 nitrogen and oxygen atoms in total. The van der Waals surface area contributed by atoms with E-state index in [2.05, 4.69) is 24.0 Å². The van der Waals surface area contributed by atoms with Crippen LogP contribution in [0.3, 0.4) is 0 Å². The molecular formula is C36H39N3O6S2. The fraction of sp³-hybridized carbons (Fsp3) is 0.333. The van der Waals surface area contributed by atoms with Gasteiger partial charge in [0.05, 0.1) is 31.4 Å². The number of aliphatic hydroxyl groups is 1. The van der Waals surface area contributed by atoms with Crippen molar-refractivity contribution < 1.29 is 28.9 Å². The number of rotatable bonds is 16. The summed E-state index contributed by atoms with van der Waals surface area (Å²) in [4.78, 5) is 28.8. The molecule has 47 heavy (non-hydrogen) atoms. The summed E-state index contributed by atoms with van der Waals surface area (Å²) < 4.78 is 18.4. The number of benzene rings is 3. The lowest BCUT2D eigenvalue weighted by Gasteiger charge is -2.23. The van der Waals surface area contributed by atoms with Gasteiger partial charge in [-0.3, -0.25) is 14.5 Å². The van der Waals surface area contributed by atoms with Crippen molar-refractivity contribution in [2.75, 3.05) is 24.7 Å². The van der Waals surface area contributed by atoms with E-state index in [9.17, 15) is 14.7 Å². The molecule has 1 aliphatic heterocycles. The van der Waals surface area contributed by atoms with Gasteiger partial charge < -0.3 is 19.3 Å². The standard InChI is InChI=1S/C36H39N3O6S2/c1-4-7-20-44-27-17-14-25(15-18-27)32(40)30-31(26-16-19-28(45-21-8-5-2)29(22-26)43-6-3)39(34(42)33(30)41)35-37-38-36(47-35)46-23-24-12-10-9-11-13-24/h9-19,22,31,40H,4-8,20-21,23H2,1-3H3/t31-/m1/s1. The van der Waals surface area contributed by atoms with Crippen molar-refractivity contribution in [3.63, 3.8) is 0 Å². The van der Waals surface area contributed by atoms with Gasteiger partial charge in [-0.25, -0.2) is 0 Å². The number of carbonyl (C=O) groups is 2. The highest BCUT2D eigenvalue weighted by molar-refractivity contribution is 8.00. The van der Waals surface area contributed by atoms with Crippen LogP contribution in [-0.4, -0.2) is 46.8 Å². The van der Waals surface area contributed by atoms with Crippen LogP contribution in [0.15, 0.2) is 82.7 Å². The van der Waals surface area contributed by atoms with Crippen LogP contribution in [-0.2, 0) is 15.3 Å². The van der Waals surface area contributed by atoms with Crippen molar-refractivity contribution in [1.82, 2.24) is 10.2 Å². The van der Waals surface area contributed by atoms with E-state index in [4.69, 9.17) is 14.2 Å². The van der Waals surface area contributed by atoms with Crippen LogP contribution in [0, 0.1) is 0 Å². The molecule has 0 radical (unpaired) electrons. The largest absolute Gasteiger partial charge is 0.507 e. The number of ketones is 1. The maximum atomic E-state index is 13.8. The fourth-order valence-corrected chi connectivity index (χ4v) is 6.85. The van der Waals surface area contributed by atoms with E-state index < -0.39 is 17.7 Å². The van der Waals surface area contributed by atoms with E-state index in [1.54, 1.807) is 42.5 Å². The summed E-state index contributed by atoms with van der Waals surface area (Å²) in [5.41, 5.74) is 2.02. The Labute approximate surface area is 283 Å². The molecular weight excluding hydrogens is 635 g/mol. The Morgan fingerprint density at radius 2 is 1.60 bits per heavy atom. The normalized spacial score (nSPS) is 15.6. The van der Waals surface area contributed by atoms with Gasteiger partial charge in [-0.15, -0.1) is 10.2 Å². The molecule has 3 aromatic carbocycles. The molecule has 1 aliphatic rings. The molecule has 11 heteroatoms. The van der Waals surface area contributed by atoms with Gasteiger partial charge in [0.2, 0.25) is 5.13 Å². The van der Waals surface area contributed by atoms with Crippen molar-refractivity contribution in [3.8, 4) is 17.2 Å². The van der Waals surface area contributed by atoms with E-state index in [1.165, 1.54) is 28.0 Å². The molecule has 0 saturated carbocycles. The number of anilines is 1. The quantitative estimate of drug-likeness (QED) is 0.0314. The average Bonchev–Trinajstić information content (AvgIpc) is 3.66. The predicted octanol–water partition coefficient (Wildman–Crippen LogP) is 8.21. The molecule has 5 rings (SSSR count). The van der Waals surface area contributed by atoms with Gasteiger partial charge in [0.15, 0.2) is 15.8 Å². The Hall–Kier alpha value is -4.35. The monoisotopic (exact) mass is 673 g/mol. The first-order valence-corrected chi connectivity index (χ1v) is 17.7. The number of Topliss-reactive ketones (excluding diaryl/α,β-unsaturated/α-hetero) is 1. The van der Waals surface area contributed by atoms with Gasteiger partial charge in [-0.1, -0.05) is 86.2 Å². The highest BCUT2D eigenvalue weighted by Gasteiger charge is 2.48. The number of thioether (sulfide) groups is 1. The van der Waals surface area contributed by atoms with Gasteiger partial charge in [-0.05, 0) is 67.3 Å². The smallest absolute Gasteiger partial charge is 0.301 e. The van der Waals surface area contributed by atoms with Crippen molar-refractivity contribution in [1.29, 1.82) is 0 Å². The van der Waals surface area contributed by atoms with E-state index in [0.29, 0.717) is 58.3 Å². The number of ether oxygens (including phenoxy) is 3. The lowest BCUT2D eigenvalue weighted by atomic mass is 9.95. The van der Waals surface area contributed by atoms with Crippen LogP contribution < -0.4 is 19.1 Å². The van der Waals surface area contributed by atoms with E-state index in [0.717, 1.165) is 31.2 Å². The lowest BCUT2D eigenvalue weighted by molar-refractivity contribution is -0.132. The average molecular weight is 674 g/mol. The maximum absolute atomic E-state index is 13.8. The zero-order chi connectivity index (χ0) is 33.2. The van der Waals surface area contributed by atoms with Crippen molar-refractivity contribution in [3.05, 3.63) is 95.1 Å². The molecule has 246 valence electrons. The Balaban J connectivity index is 1.54. The van der Waals surface area contributed by atoms with Crippen molar-refractivity contribution in [2.45, 2.75) is 62.6 Å². The first-order valence-electron chi connectivity index (χ1n) is 15.9. The summed E-state index contributed by atoms with van der Waals surface area (Å²) >= 11 is 2.72. The molecule has 4 aromatic rings. The van der Waals surface area contributed by atoms with Crippen LogP contribution in [0.4, 0.5) is 5.13 Å². The topological polar surface area (TPSA) is 111 Å². The van der Waals surface area contributed by atoms with Crippen LogP contribution in [0.5, 0.6) is 17.2 Å². The van der Waals surface area contributed by atoms with E-state index >= 15 is 0 Å². The number of aliphatic hydroxyl groups excluding tert-OH is 1. The van der Waals surface area contributed by atoms with Crippen LogP contribution >= 0.6 is 23.1 Å². The fourth-order valence-electron chi connectivity index (χ4n) is 5.03. The minimum absolute atomic E-state index is 0.0505. The third-order valence-electron chi connectivity index (χ3n) is 7.48. The Bertz CT molecular complexity index is 1690. The summed E-state index contributed by atoms with van der Waals surface area (Å²) in [6.07, 6.45) is 3.81. The first-order chi connectivity index (χ1) is 22.9. The summed E-state index contributed by atoms with van der Waals surface area (Å²) in [5.74, 6) is 0.472. The highest BCUT2D eigenvalue weighted by atomic mass is 32.2. The minimum atomic E-state index is -0.987. The molecule has 1 amide bonds. The zero-order valence-electron chi connectivity index (χ0n) is 26.8. The molecule has 2 heterocycles. The SMILES string of the molecule is CCCCOc1ccc(C(O)=C2C(=O)C(=O)N(c3nnc(SCc4ccccc4)s3)[C@@H]2c2ccc(OCCCC)c(OCC)c2)cc1. The van der Waals surface area contributed by atoms with Crippen LogP contribution in [0.25, 0.3) is 5.76 Å². The van der Waals surface area contributed by atoms with Gasteiger partial charge >= 0.3 is 5.91 Å². The maximum Gasteiger partial charge on any atom is 0.301 e. The highest BCUT2D eigenvalue weighted by Crippen LogP contribution is 2.45. The number of nitrogens with zero attached hydrogens (tertiary/aromatic N) is 3. The minimum Gasteiger partial charge on any atom is -0.507 e. The second kappa shape index (κ2) is 16.5. The van der Waals surface area contributed by atoms with Gasteiger partial charge in [-0.2, -0.15) is 0 Å². The van der Waals surface area contributed by atoms with Crippen molar-refractivity contribution in [2.24, 2.45) is 0 Å². The summed E-state index contributed by atoms with van der Waals surface area (Å²) in [6, 6.07) is 21.2. The number of hydrogen-bond donors (Lipinski definition) is 1. The number of aromatic nitrogens is 2. The Morgan fingerprint density at radius 3 is 2.30 bits per heavy atom. The van der Waals surface area contributed by atoms with Gasteiger partial charge in [0.25, 0.3) is 5.78 Å². The molecule has 0 aliphatic carbocycles. The number of hydrogen-bond acceptors (Lipinski definition) is 10. The summed E-state index contributed by atoms with van der Waals surface area (Å²) in [7, 11) is 0. The number of amides is 1. The van der Waals surface area contributed by atoms with Gasteiger partial charge in [0, 0.05) is 11.3 Å². The van der Waals surface area contributed by atoms with E-state index in [-0.39, 0.29) is 16.5 Å². The predicted molar refractivity (Wildman–Crippen MR) is 186 cm³/mol. The number of carbonyl (C=O) groups excluding carboxylic acids is 2. The Kier molecular flexibility index (Phi) is 11.9. The molecule has 0 spiro atoms. The summed E-state index contributed by atoms with van der Waals surface area (Å²) in [5, 5.41) is 20.6. The second-order valence-corrected chi connectivity index (χ2v) is 13.0. The first kappa shape index (κ1) is 34.0. The van der Waals surface area contributed by atoms with Crippen LogP contribution in [0.2, 0.25) is 0 Å². The van der Waals surface area contributed by atoms with Gasteiger partial charge in [0.1, 0.15) is 11.5 Å². The van der Waals surface area contributed by atoms with Crippen molar-refractivity contribution >= 4 is 45.7 Å². The number of unbranched alkanes of at least 4 members (excludes halogenated alkanes) is 2. The third-order valence-corrected chi connectivity index (χ3v) is 9.61.